The lowest BCUT2D eigenvalue weighted by Crippen LogP contribution is -2.40. The molecule has 2 atom stereocenters. The number of fused-ring (bicyclic) bond motifs is 1. The number of esters is 1. The first-order valence-corrected chi connectivity index (χ1v) is 18.0. The zero-order chi connectivity index (χ0) is 34.3. The second-order valence-electron chi connectivity index (χ2n) is 11.4. The van der Waals surface area contributed by atoms with Gasteiger partial charge >= 0.3 is 12.6 Å². The van der Waals surface area contributed by atoms with Crippen LogP contribution in [0.15, 0.2) is 47.8 Å². The lowest BCUT2D eigenvalue weighted by atomic mass is 10.0. The number of alkyl halides is 2. The molecular weight excluding hydrogens is 715 g/mol. The minimum Gasteiger partial charge on any atom is -0.619 e. The molecule has 2 fully saturated rings. The van der Waals surface area contributed by atoms with Crippen molar-refractivity contribution in [1.82, 2.24) is 19.1 Å². The van der Waals surface area contributed by atoms with E-state index in [2.05, 4.69) is 14.8 Å². The predicted molar refractivity (Wildman–Crippen MR) is 173 cm³/mol. The average Bonchev–Trinajstić information content (AvgIpc) is 3.63. The number of sulfonamides is 1. The molecule has 0 spiro atoms. The SMILES string of the molecule is Cc1nn(C)c2ncc(S(=O)(=O)N3CCS[C@H]3C(=O)O[C@@H](Cc3c(Cl)c[n+]([O-])cc3Cl)c3ccc(OC(F)F)c(OCC4CC4)c3)cc12. The van der Waals surface area contributed by atoms with E-state index in [1.54, 1.807) is 18.7 Å². The summed E-state index contributed by atoms with van der Waals surface area (Å²) in [5.41, 5.74) is 1.68. The molecule has 0 radical (unpaired) electrons. The van der Waals surface area contributed by atoms with E-state index in [9.17, 15) is 27.2 Å². The molecule has 256 valence electrons. The number of carbonyl (C=O) groups is 1. The number of aryl methyl sites for hydroxylation is 2. The number of nitrogens with zero attached hydrogens (tertiary/aromatic N) is 5. The van der Waals surface area contributed by atoms with Crippen LogP contribution >= 0.6 is 35.0 Å². The molecule has 3 aromatic heterocycles. The molecule has 18 heteroatoms. The van der Waals surface area contributed by atoms with Crippen molar-refractivity contribution >= 4 is 62.0 Å². The molecule has 1 aliphatic heterocycles. The van der Waals surface area contributed by atoms with Gasteiger partial charge in [0.2, 0.25) is 10.0 Å². The fourth-order valence-corrected chi connectivity index (χ4v) is 8.93. The van der Waals surface area contributed by atoms with Gasteiger partial charge in [-0.1, -0.05) is 29.3 Å². The van der Waals surface area contributed by atoms with Gasteiger partial charge in [-0.05, 0) is 49.4 Å². The van der Waals surface area contributed by atoms with E-state index in [1.807, 2.05) is 0 Å². The van der Waals surface area contributed by atoms with Crippen molar-refractivity contribution in [1.29, 1.82) is 0 Å². The molecule has 1 saturated heterocycles. The van der Waals surface area contributed by atoms with Gasteiger partial charge in [0, 0.05) is 42.9 Å². The van der Waals surface area contributed by atoms with Gasteiger partial charge in [0.1, 0.15) is 21.0 Å². The topological polar surface area (TPSA) is 140 Å². The van der Waals surface area contributed by atoms with E-state index in [0.29, 0.717) is 32.8 Å². The maximum absolute atomic E-state index is 13.9. The third-order valence-corrected chi connectivity index (χ3v) is 11.7. The number of pyridine rings is 2. The largest absolute Gasteiger partial charge is 0.619 e. The molecule has 4 heterocycles. The molecule has 2 aliphatic rings. The molecule has 0 amide bonds. The van der Waals surface area contributed by atoms with Gasteiger partial charge in [0.05, 0.1) is 12.3 Å². The highest BCUT2D eigenvalue weighted by molar-refractivity contribution is 8.02. The smallest absolute Gasteiger partial charge is 0.387 e. The summed E-state index contributed by atoms with van der Waals surface area (Å²) in [6, 6.07) is 5.59. The van der Waals surface area contributed by atoms with E-state index in [-0.39, 0.29) is 57.5 Å². The number of halogens is 4. The zero-order valence-electron chi connectivity index (χ0n) is 25.5. The van der Waals surface area contributed by atoms with Crippen LogP contribution in [0.1, 0.15) is 35.8 Å². The molecule has 0 N–H and O–H groups in total. The monoisotopic (exact) mass is 743 g/mol. The Balaban J connectivity index is 1.32. The summed E-state index contributed by atoms with van der Waals surface area (Å²) in [6.45, 7) is -1.07. The molecule has 0 unspecified atom stereocenters. The number of carbonyl (C=O) groups excluding carboxylic acids is 1. The van der Waals surface area contributed by atoms with E-state index in [1.165, 1.54) is 30.5 Å². The number of ether oxygens (including phenoxy) is 3. The highest BCUT2D eigenvalue weighted by Crippen LogP contribution is 2.39. The van der Waals surface area contributed by atoms with Crippen molar-refractivity contribution in [3.05, 3.63) is 74.9 Å². The van der Waals surface area contributed by atoms with Crippen molar-refractivity contribution in [2.45, 2.75) is 49.2 Å². The fraction of sp³-hybridized carbons (Fsp3) is 0.400. The summed E-state index contributed by atoms with van der Waals surface area (Å²) in [5.74, 6) is -0.484. The van der Waals surface area contributed by atoms with Crippen molar-refractivity contribution in [3.63, 3.8) is 0 Å². The van der Waals surface area contributed by atoms with Crippen molar-refractivity contribution in [2.24, 2.45) is 13.0 Å². The van der Waals surface area contributed by atoms with Crippen molar-refractivity contribution < 1.29 is 40.9 Å². The molecule has 1 aliphatic carbocycles. The number of rotatable bonds is 12. The third kappa shape index (κ3) is 7.27. The quantitative estimate of drug-likeness (QED) is 0.108. The molecule has 0 bridgehead atoms. The molecule has 48 heavy (non-hydrogen) atoms. The maximum atomic E-state index is 13.9. The van der Waals surface area contributed by atoms with Crippen LogP contribution in [-0.2, 0) is 33.0 Å². The summed E-state index contributed by atoms with van der Waals surface area (Å²) < 4.78 is 73.6. The highest BCUT2D eigenvalue weighted by Gasteiger charge is 2.42. The van der Waals surface area contributed by atoms with Crippen LogP contribution in [0.4, 0.5) is 8.78 Å². The number of benzene rings is 1. The summed E-state index contributed by atoms with van der Waals surface area (Å²) in [4.78, 5) is 18.0. The minimum absolute atomic E-state index is 0.00515. The Hall–Kier alpha value is -3.44. The van der Waals surface area contributed by atoms with Gasteiger partial charge < -0.3 is 19.4 Å². The van der Waals surface area contributed by atoms with Gasteiger partial charge in [-0.2, -0.15) is 22.9 Å². The lowest BCUT2D eigenvalue weighted by Gasteiger charge is -2.26. The van der Waals surface area contributed by atoms with E-state index in [0.717, 1.165) is 41.3 Å². The predicted octanol–water partition coefficient (Wildman–Crippen LogP) is 5.20. The molecule has 1 saturated carbocycles. The van der Waals surface area contributed by atoms with Gasteiger partial charge in [-0.15, -0.1) is 11.8 Å². The van der Waals surface area contributed by atoms with Crippen LogP contribution in [0, 0.1) is 18.0 Å². The van der Waals surface area contributed by atoms with Gasteiger partial charge in [0.15, 0.2) is 34.9 Å². The maximum Gasteiger partial charge on any atom is 0.387 e. The van der Waals surface area contributed by atoms with Gasteiger partial charge in [-0.25, -0.2) is 18.2 Å². The Morgan fingerprint density at radius 3 is 2.60 bits per heavy atom. The number of aromatic nitrogens is 4. The molecule has 4 aromatic rings. The summed E-state index contributed by atoms with van der Waals surface area (Å²) in [7, 11) is -2.52. The lowest BCUT2D eigenvalue weighted by molar-refractivity contribution is -0.605. The Kier molecular flexibility index (Phi) is 9.91. The Morgan fingerprint density at radius 1 is 1.19 bits per heavy atom. The normalized spacial score (nSPS) is 17.6. The zero-order valence-corrected chi connectivity index (χ0v) is 28.7. The highest BCUT2D eigenvalue weighted by atomic mass is 35.5. The molecule has 1 aromatic carbocycles. The average molecular weight is 745 g/mol. The van der Waals surface area contributed by atoms with Crippen LogP contribution in [0.5, 0.6) is 11.5 Å². The minimum atomic E-state index is -4.22. The number of hydrogen-bond acceptors (Lipinski definition) is 10. The molecular formula is C30H29Cl2F2N5O7S2. The second-order valence-corrected chi connectivity index (χ2v) is 15.2. The van der Waals surface area contributed by atoms with E-state index < -0.39 is 34.1 Å². The van der Waals surface area contributed by atoms with Gasteiger partial charge in [0.25, 0.3) is 0 Å². The Bertz CT molecular complexity index is 1960. The Labute approximate surface area is 288 Å². The second kappa shape index (κ2) is 13.8. The summed E-state index contributed by atoms with van der Waals surface area (Å²) in [6.07, 6.45) is 3.97. The Morgan fingerprint density at radius 2 is 1.92 bits per heavy atom. The van der Waals surface area contributed by atoms with E-state index >= 15 is 0 Å². The standard InChI is InChI=1S/C30H29Cl2F2N5O7S2/c1-16-20-10-19(12-35-27(20)37(2)36-16)48(42,43)39-7-8-47-28(39)29(40)45-25(11-21-22(31)13-38(41)14-23(21)32)18-5-6-24(46-30(33)34)26(9-18)44-15-17-3-4-17/h5-6,9-10,12-14,17,25,28,30H,3-4,7-8,11,15H2,1-2H3/t25-,28-/m0/s1. The number of hydrogen-bond donors (Lipinski definition) is 0. The fourth-order valence-electron chi connectivity index (χ4n) is 5.31. The summed E-state index contributed by atoms with van der Waals surface area (Å²) in [5, 5.41) is 15.5. The number of thioether (sulfide) groups is 1. The first-order valence-electron chi connectivity index (χ1n) is 14.7. The van der Waals surface area contributed by atoms with Crippen molar-refractivity contribution in [2.75, 3.05) is 18.9 Å². The summed E-state index contributed by atoms with van der Waals surface area (Å²) >= 11 is 13.8. The van der Waals surface area contributed by atoms with Crippen LogP contribution < -0.4 is 14.2 Å². The van der Waals surface area contributed by atoms with Crippen LogP contribution in [0.25, 0.3) is 11.0 Å². The van der Waals surface area contributed by atoms with E-state index in [4.69, 9.17) is 32.7 Å². The van der Waals surface area contributed by atoms with Gasteiger partial charge in [-0.3, -0.25) is 4.68 Å². The third-order valence-electron chi connectivity index (χ3n) is 7.93. The molecule has 6 rings (SSSR count). The first kappa shape index (κ1) is 34.4. The van der Waals surface area contributed by atoms with Crippen molar-refractivity contribution in [3.8, 4) is 11.5 Å². The van der Waals surface area contributed by atoms with Crippen LogP contribution in [-0.4, -0.2) is 64.3 Å². The van der Waals surface area contributed by atoms with Crippen LogP contribution in [0.2, 0.25) is 10.0 Å². The first-order chi connectivity index (χ1) is 22.8. The molecule has 12 nitrogen and oxygen atoms in total. The van der Waals surface area contributed by atoms with Crippen LogP contribution in [0.3, 0.4) is 0 Å².